The van der Waals surface area contributed by atoms with E-state index < -0.39 is 0 Å². The Morgan fingerprint density at radius 1 is 0.760 bits per heavy atom. The Morgan fingerprint density at radius 2 is 1.56 bits per heavy atom. The van der Waals surface area contributed by atoms with E-state index in [0.717, 1.165) is 56.5 Å². The van der Waals surface area contributed by atoms with Crippen LogP contribution in [0.5, 0.6) is 0 Å². The van der Waals surface area contributed by atoms with Gasteiger partial charge >= 0.3 is 0 Å². The highest BCUT2D eigenvalue weighted by Crippen LogP contribution is 2.55. The normalized spacial score (nSPS) is 15.7. The molecule has 0 unspecified atom stereocenters. The van der Waals surface area contributed by atoms with E-state index in [4.69, 9.17) is 13.8 Å². The molecule has 1 spiro atoms. The van der Waals surface area contributed by atoms with Gasteiger partial charge in [0.15, 0.2) is 5.76 Å². The lowest BCUT2D eigenvalue weighted by Gasteiger charge is -2.36. The molecule has 2 aliphatic carbocycles. The summed E-state index contributed by atoms with van der Waals surface area (Å²) in [4.78, 5) is 5.24. The average Bonchev–Trinajstić information content (AvgIpc) is 3.86. The second kappa shape index (κ2) is 12.7. The number of hydrogen-bond acceptors (Lipinski definition) is 3. The number of benzene rings is 5. The molecule has 1 saturated carbocycles. The highest BCUT2D eigenvalue weighted by Gasteiger charge is 2.43. The fraction of sp³-hybridized carbons (Fsp3) is 0.170. The summed E-state index contributed by atoms with van der Waals surface area (Å²) in [6.45, 7) is 2.02. The lowest BCUT2D eigenvalue weighted by Crippen LogP contribution is -2.27. The van der Waals surface area contributed by atoms with Crippen molar-refractivity contribution in [2.75, 3.05) is 0 Å². The van der Waals surface area contributed by atoms with Crippen LogP contribution in [0.1, 0.15) is 78.2 Å². The van der Waals surface area contributed by atoms with Gasteiger partial charge in [-0.25, -0.2) is 4.99 Å². The summed E-state index contributed by atoms with van der Waals surface area (Å²) in [6.07, 6.45) is 15.7. The molecule has 2 aromatic heterocycles. The molecule has 0 bridgehead atoms. The van der Waals surface area contributed by atoms with Gasteiger partial charge in [-0.2, -0.15) is 0 Å². The summed E-state index contributed by atoms with van der Waals surface area (Å²) >= 11 is 0. The van der Waals surface area contributed by atoms with Crippen LogP contribution in [0.4, 0.5) is 0 Å². The first-order valence-corrected chi connectivity index (χ1v) is 17.9. The Bertz CT molecular complexity index is 2410. The van der Waals surface area contributed by atoms with E-state index in [0.29, 0.717) is 5.76 Å². The van der Waals surface area contributed by atoms with Crippen molar-refractivity contribution in [2.45, 2.75) is 50.9 Å². The maximum absolute atomic E-state index is 6.41. The van der Waals surface area contributed by atoms with Crippen LogP contribution < -0.4 is 0 Å². The number of allylic oxidation sites excluding steroid dienone is 2. The second-order valence-corrected chi connectivity index (χ2v) is 13.7. The molecule has 0 saturated heterocycles. The molecular formula is C47H39NO2. The number of furan rings is 2. The van der Waals surface area contributed by atoms with Gasteiger partial charge in [-0.3, -0.25) is 0 Å². The number of rotatable bonds is 7. The van der Waals surface area contributed by atoms with Gasteiger partial charge in [0.05, 0.1) is 12.0 Å². The molecule has 0 radical (unpaired) electrons. The lowest BCUT2D eigenvalue weighted by atomic mass is 9.68. The molecule has 0 aliphatic heterocycles. The van der Waals surface area contributed by atoms with Crippen LogP contribution >= 0.6 is 0 Å². The smallest absolute Gasteiger partial charge is 0.154 e. The van der Waals surface area contributed by atoms with Crippen LogP contribution in [-0.4, -0.2) is 5.71 Å². The first-order chi connectivity index (χ1) is 24.7. The molecule has 3 nitrogen and oxygen atoms in total. The highest BCUT2D eigenvalue weighted by atomic mass is 16.3. The summed E-state index contributed by atoms with van der Waals surface area (Å²) in [6, 6.07) is 43.0. The van der Waals surface area contributed by atoms with Crippen LogP contribution in [-0.2, 0) is 11.8 Å². The van der Waals surface area contributed by atoms with Crippen molar-refractivity contribution in [2.24, 2.45) is 4.99 Å². The molecule has 5 aromatic carbocycles. The van der Waals surface area contributed by atoms with E-state index in [2.05, 4.69) is 97.1 Å². The largest absolute Gasteiger partial charge is 0.463 e. The van der Waals surface area contributed by atoms with Crippen LogP contribution in [0, 0.1) is 0 Å². The monoisotopic (exact) mass is 649 g/mol. The molecule has 1 fully saturated rings. The fourth-order valence-electron chi connectivity index (χ4n) is 8.42. The average molecular weight is 650 g/mol. The van der Waals surface area contributed by atoms with Crippen molar-refractivity contribution in [1.29, 1.82) is 0 Å². The summed E-state index contributed by atoms with van der Waals surface area (Å²) in [7, 11) is 0. The van der Waals surface area contributed by atoms with Gasteiger partial charge in [-0.1, -0.05) is 141 Å². The molecule has 9 rings (SSSR count). The van der Waals surface area contributed by atoms with Gasteiger partial charge in [0.25, 0.3) is 0 Å². The Balaban J connectivity index is 1.06. The minimum Gasteiger partial charge on any atom is -0.463 e. The minimum atomic E-state index is 0.200. The van der Waals surface area contributed by atoms with E-state index in [-0.39, 0.29) is 5.41 Å². The zero-order chi connectivity index (χ0) is 33.5. The fourth-order valence-corrected chi connectivity index (χ4v) is 8.42. The van der Waals surface area contributed by atoms with E-state index >= 15 is 0 Å². The van der Waals surface area contributed by atoms with Crippen LogP contribution in [0.25, 0.3) is 44.8 Å². The molecule has 7 aromatic rings. The van der Waals surface area contributed by atoms with E-state index in [9.17, 15) is 0 Å². The van der Waals surface area contributed by atoms with Crippen LogP contribution in [0.3, 0.4) is 0 Å². The van der Waals surface area contributed by atoms with Gasteiger partial charge < -0.3 is 8.83 Å². The van der Waals surface area contributed by atoms with E-state index in [1.807, 2.05) is 55.7 Å². The van der Waals surface area contributed by atoms with Crippen molar-refractivity contribution in [3.05, 3.63) is 179 Å². The Labute approximate surface area is 293 Å². The van der Waals surface area contributed by atoms with Gasteiger partial charge in [0.1, 0.15) is 16.9 Å². The Kier molecular flexibility index (Phi) is 7.69. The molecule has 244 valence electrons. The van der Waals surface area contributed by atoms with Gasteiger partial charge in [-0.15, -0.1) is 0 Å². The third kappa shape index (κ3) is 5.16. The zero-order valence-corrected chi connectivity index (χ0v) is 28.4. The first-order valence-electron chi connectivity index (χ1n) is 17.9. The second-order valence-electron chi connectivity index (χ2n) is 13.7. The number of para-hydroxylation sites is 2. The lowest BCUT2D eigenvalue weighted by molar-refractivity contribution is 0.353. The molecule has 2 aliphatic rings. The third-order valence-corrected chi connectivity index (χ3v) is 10.8. The van der Waals surface area contributed by atoms with Crippen molar-refractivity contribution < 1.29 is 8.83 Å². The summed E-state index contributed by atoms with van der Waals surface area (Å²) in [5.74, 6) is 0.704. The van der Waals surface area contributed by atoms with E-state index in [1.54, 1.807) is 5.56 Å². The first kappa shape index (κ1) is 30.4. The predicted octanol–water partition coefficient (Wildman–Crippen LogP) is 12.6. The summed E-state index contributed by atoms with van der Waals surface area (Å²) in [5, 5.41) is 2.09. The summed E-state index contributed by atoms with van der Waals surface area (Å²) in [5.41, 5.74) is 13.7. The quantitative estimate of drug-likeness (QED) is 0.161. The molecule has 2 heterocycles. The van der Waals surface area contributed by atoms with Crippen molar-refractivity contribution in [1.82, 2.24) is 0 Å². The SMILES string of the molecule is C/C=C(\N=C(c1cc2ccccc2o1)c1cccc2c(/C=C\Cc3ccc4c(c3)-c3ccccc3C43CCCCC3)coc12)c1ccccc1. The number of aliphatic imine (C=N–C) groups is 1. The van der Waals surface area contributed by atoms with Gasteiger partial charge in [0.2, 0.25) is 0 Å². The van der Waals surface area contributed by atoms with Crippen LogP contribution in [0.2, 0.25) is 0 Å². The number of nitrogens with zero attached hydrogens (tertiary/aromatic N) is 1. The number of hydrogen-bond donors (Lipinski definition) is 0. The topological polar surface area (TPSA) is 38.6 Å². The van der Waals surface area contributed by atoms with E-state index in [1.165, 1.54) is 54.4 Å². The summed E-state index contributed by atoms with van der Waals surface area (Å²) < 4.78 is 12.8. The van der Waals surface area contributed by atoms with Gasteiger partial charge in [-0.05, 0) is 77.8 Å². The Morgan fingerprint density at radius 3 is 2.42 bits per heavy atom. The zero-order valence-electron chi connectivity index (χ0n) is 28.4. The van der Waals surface area contributed by atoms with Crippen molar-refractivity contribution in [3.8, 4) is 11.1 Å². The van der Waals surface area contributed by atoms with Gasteiger partial charge in [0, 0.05) is 27.3 Å². The maximum Gasteiger partial charge on any atom is 0.154 e. The van der Waals surface area contributed by atoms with Crippen LogP contribution in [0.15, 0.2) is 154 Å². The molecule has 0 amide bonds. The minimum absolute atomic E-state index is 0.200. The highest BCUT2D eigenvalue weighted by molar-refractivity contribution is 6.20. The number of fused-ring (bicyclic) bond motifs is 7. The third-order valence-electron chi connectivity index (χ3n) is 10.8. The molecular weight excluding hydrogens is 611 g/mol. The van der Waals surface area contributed by atoms with Crippen molar-refractivity contribution in [3.63, 3.8) is 0 Å². The molecule has 50 heavy (non-hydrogen) atoms. The standard InChI is InChI=1S/C47H39NO2/c1-2-42(33-16-5-3-6-17-33)48-45(44-30-34-18-7-10-24-43(34)50-44)38-22-14-21-36-35(31-49-46(36)38)19-13-15-32-25-26-41-39(29-32)37-20-8-9-23-40(37)47(41)27-11-4-12-28-47/h2-3,5-10,13-14,16-26,29-31H,4,11-12,15,27-28H2,1H3/b19-13-,42-2-,48-45?. The maximum atomic E-state index is 6.41. The molecule has 0 N–H and O–H groups in total. The van der Waals surface area contributed by atoms with Crippen molar-refractivity contribution >= 4 is 39.4 Å². The molecule has 0 atom stereocenters. The Hall–Kier alpha value is -5.67. The molecule has 3 heteroatoms. The predicted molar refractivity (Wildman–Crippen MR) is 207 cm³/mol.